The zero-order chi connectivity index (χ0) is 5.98. The number of hydrogen-bond donors (Lipinski definition) is 0. The summed E-state index contributed by atoms with van der Waals surface area (Å²) in [7, 11) is 0. The van der Waals surface area contributed by atoms with Crippen molar-refractivity contribution in [2.24, 2.45) is 11.8 Å². The molecular weight excluding hydrogens is 96.1 g/mol. The molecule has 0 fully saturated rings. The van der Waals surface area contributed by atoms with Crippen LogP contribution >= 0.6 is 0 Å². The molecule has 0 radical (unpaired) electrons. The van der Waals surface area contributed by atoms with Crippen LogP contribution in [0, 0.1) is 11.8 Å². The van der Waals surface area contributed by atoms with E-state index in [2.05, 4.69) is 38.2 Å². The van der Waals surface area contributed by atoms with Gasteiger partial charge in [0.15, 0.2) is 0 Å². The largest absolute Gasteiger partial charge is 0.0811 e. The zero-order valence-corrected chi connectivity index (χ0v) is 5.46. The third kappa shape index (κ3) is 1.00. The Morgan fingerprint density at radius 3 is 1.50 bits per heavy atom. The minimum absolute atomic E-state index is 0.736. The first kappa shape index (κ1) is 5.61. The Morgan fingerprint density at radius 2 is 1.25 bits per heavy atom. The summed E-state index contributed by atoms with van der Waals surface area (Å²) in [6.07, 6.45) is 8.71. The summed E-state index contributed by atoms with van der Waals surface area (Å²) in [6.45, 7) is 4.48. The van der Waals surface area contributed by atoms with Gasteiger partial charge in [0.2, 0.25) is 0 Å². The normalized spacial score (nSPS) is 35.8. The zero-order valence-electron chi connectivity index (χ0n) is 5.46. The van der Waals surface area contributed by atoms with Crippen molar-refractivity contribution in [3.63, 3.8) is 0 Å². The molecule has 0 aromatic carbocycles. The predicted molar refractivity (Wildman–Crippen MR) is 36.6 cm³/mol. The van der Waals surface area contributed by atoms with E-state index in [4.69, 9.17) is 0 Å². The van der Waals surface area contributed by atoms with Gasteiger partial charge in [0, 0.05) is 0 Å². The van der Waals surface area contributed by atoms with Crippen molar-refractivity contribution in [2.75, 3.05) is 0 Å². The second kappa shape index (κ2) is 2.17. The number of hydrogen-bond acceptors (Lipinski definition) is 0. The molecule has 0 saturated carbocycles. The lowest BCUT2D eigenvalue weighted by atomic mass is 9.92. The quantitative estimate of drug-likeness (QED) is 0.447. The van der Waals surface area contributed by atoms with Crippen LogP contribution in [0.15, 0.2) is 24.3 Å². The van der Waals surface area contributed by atoms with E-state index < -0.39 is 0 Å². The maximum atomic E-state index is 2.24. The molecule has 0 spiro atoms. The molecule has 1 aliphatic carbocycles. The first-order valence-electron chi connectivity index (χ1n) is 3.15. The van der Waals surface area contributed by atoms with Crippen molar-refractivity contribution < 1.29 is 0 Å². The van der Waals surface area contributed by atoms with Crippen LogP contribution < -0.4 is 0 Å². The summed E-state index contributed by atoms with van der Waals surface area (Å²) in [5.74, 6) is 1.47. The third-order valence-electron chi connectivity index (χ3n) is 1.77. The SMILES string of the molecule is C[C@@H]1C=CC=C[C@H]1C. The molecule has 0 unspecified atom stereocenters. The maximum absolute atomic E-state index is 2.24. The molecule has 0 aromatic heterocycles. The second-order valence-electron chi connectivity index (χ2n) is 2.49. The monoisotopic (exact) mass is 108 g/mol. The predicted octanol–water partition coefficient (Wildman–Crippen LogP) is 2.38. The van der Waals surface area contributed by atoms with Gasteiger partial charge in [-0.15, -0.1) is 0 Å². The Kier molecular flexibility index (Phi) is 1.52. The van der Waals surface area contributed by atoms with Gasteiger partial charge in [-0.1, -0.05) is 38.2 Å². The lowest BCUT2D eigenvalue weighted by Gasteiger charge is -2.13. The highest BCUT2D eigenvalue weighted by Crippen LogP contribution is 2.16. The van der Waals surface area contributed by atoms with Crippen molar-refractivity contribution in [3.05, 3.63) is 24.3 Å². The molecule has 0 heterocycles. The van der Waals surface area contributed by atoms with Gasteiger partial charge >= 0.3 is 0 Å². The van der Waals surface area contributed by atoms with Crippen LogP contribution in [-0.2, 0) is 0 Å². The average Bonchev–Trinajstić information content (AvgIpc) is 1.77. The number of rotatable bonds is 0. The molecule has 8 heavy (non-hydrogen) atoms. The molecule has 1 rings (SSSR count). The lowest BCUT2D eigenvalue weighted by Crippen LogP contribution is -2.03. The molecule has 0 saturated heterocycles. The van der Waals surface area contributed by atoms with Gasteiger partial charge in [-0.05, 0) is 11.8 Å². The average molecular weight is 108 g/mol. The van der Waals surface area contributed by atoms with E-state index in [0.29, 0.717) is 0 Å². The van der Waals surface area contributed by atoms with Crippen LogP contribution in [0.1, 0.15) is 13.8 Å². The van der Waals surface area contributed by atoms with Crippen LogP contribution in [0.25, 0.3) is 0 Å². The molecule has 2 atom stereocenters. The van der Waals surface area contributed by atoms with Gasteiger partial charge in [0.1, 0.15) is 0 Å². The Morgan fingerprint density at radius 1 is 0.875 bits per heavy atom. The van der Waals surface area contributed by atoms with Gasteiger partial charge in [-0.2, -0.15) is 0 Å². The maximum Gasteiger partial charge on any atom is -0.0198 e. The van der Waals surface area contributed by atoms with Crippen molar-refractivity contribution in [2.45, 2.75) is 13.8 Å². The molecule has 1 aliphatic rings. The fourth-order valence-corrected chi connectivity index (χ4v) is 0.829. The highest BCUT2D eigenvalue weighted by atomic mass is 14.1. The van der Waals surface area contributed by atoms with Crippen molar-refractivity contribution in [3.8, 4) is 0 Å². The first-order valence-corrected chi connectivity index (χ1v) is 3.15. The summed E-state index contributed by atoms with van der Waals surface area (Å²) in [5.41, 5.74) is 0. The molecule has 0 heteroatoms. The first-order chi connectivity index (χ1) is 3.80. The molecule has 0 bridgehead atoms. The van der Waals surface area contributed by atoms with Crippen molar-refractivity contribution in [1.29, 1.82) is 0 Å². The molecule has 0 nitrogen and oxygen atoms in total. The van der Waals surface area contributed by atoms with Crippen LogP contribution in [0.3, 0.4) is 0 Å². The van der Waals surface area contributed by atoms with Gasteiger partial charge in [0.25, 0.3) is 0 Å². The highest BCUT2D eigenvalue weighted by Gasteiger charge is 2.05. The minimum atomic E-state index is 0.736. The highest BCUT2D eigenvalue weighted by molar-refractivity contribution is 5.12. The summed E-state index contributed by atoms with van der Waals surface area (Å²) in [4.78, 5) is 0. The lowest BCUT2D eigenvalue weighted by molar-refractivity contribution is 0.552. The molecular formula is C8H12. The molecule has 0 aromatic rings. The third-order valence-corrected chi connectivity index (χ3v) is 1.77. The number of allylic oxidation sites excluding steroid dienone is 4. The minimum Gasteiger partial charge on any atom is -0.0811 e. The topological polar surface area (TPSA) is 0 Å². The smallest absolute Gasteiger partial charge is 0.0198 e. The second-order valence-corrected chi connectivity index (χ2v) is 2.49. The van der Waals surface area contributed by atoms with Crippen LogP contribution in [0.4, 0.5) is 0 Å². The Hall–Kier alpha value is -0.520. The summed E-state index contributed by atoms with van der Waals surface area (Å²) in [5, 5.41) is 0. The van der Waals surface area contributed by atoms with E-state index in [1.54, 1.807) is 0 Å². The summed E-state index contributed by atoms with van der Waals surface area (Å²) >= 11 is 0. The Bertz CT molecular complexity index is 104. The fourth-order valence-electron chi connectivity index (χ4n) is 0.829. The van der Waals surface area contributed by atoms with Crippen molar-refractivity contribution in [1.82, 2.24) is 0 Å². The summed E-state index contributed by atoms with van der Waals surface area (Å²) in [6, 6.07) is 0. The van der Waals surface area contributed by atoms with E-state index in [-0.39, 0.29) is 0 Å². The summed E-state index contributed by atoms with van der Waals surface area (Å²) < 4.78 is 0. The molecule has 0 N–H and O–H groups in total. The van der Waals surface area contributed by atoms with E-state index in [1.807, 2.05) is 0 Å². The standard InChI is InChI=1S/C8H12/c1-7-5-3-4-6-8(7)2/h3-8H,1-2H3/t7-,8-/m1/s1. The fraction of sp³-hybridized carbons (Fsp3) is 0.500. The van der Waals surface area contributed by atoms with Gasteiger partial charge in [-0.3, -0.25) is 0 Å². The van der Waals surface area contributed by atoms with Gasteiger partial charge < -0.3 is 0 Å². The van der Waals surface area contributed by atoms with Crippen LogP contribution in [0.5, 0.6) is 0 Å². The van der Waals surface area contributed by atoms with Crippen LogP contribution in [0.2, 0.25) is 0 Å². The molecule has 0 aliphatic heterocycles. The van der Waals surface area contributed by atoms with Gasteiger partial charge in [0.05, 0.1) is 0 Å². The molecule has 44 valence electrons. The van der Waals surface area contributed by atoms with Crippen LogP contribution in [-0.4, -0.2) is 0 Å². The molecule has 0 amide bonds. The van der Waals surface area contributed by atoms with Gasteiger partial charge in [-0.25, -0.2) is 0 Å². The van der Waals surface area contributed by atoms with E-state index in [9.17, 15) is 0 Å². The van der Waals surface area contributed by atoms with E-state index >= 15 is 0 Å². The van der Waals surface area contributed by atoms with E-state index in [0.717, 1.165) is 11.8 Å². The Labute approximate surface area is 50.9 Å². The Balaban J connectivity index is 2.59. The van der Waals surface area contributed by atoms with E-state index in [1.165, 1.54) is 0 Å². The van der Waals surface area contributed by atoms with Crippen molar-refractivity contribution >= 4 is 0 Å².